The number of pyridine rings is 1. The predicted octanol–water partition coefficient (Wildman–Crippen LogP) is 5.54. The highest BCUT2D eigenvalue weighted by Gasteiger charge is 2.20. The Kier molecular flexibility index (Phi) is 8.63. The standard InChI is InChI=1S/C18H14ClNO3.C6H15N/c1-10-2-7-13-14(8-10)20-15(17(21)16(13)18(22)23)9-11-3-5-12(19)6-4-11;1-4-7(5-2)6-3/h2-8,21H,9H2,1H3,(H,22,23);4-6H2,1-3H3. The SMILES string of the molecule is CCN(CC)CC.Cc1ccc2c(C(=O)O)c(O)c(Cc3ccc(Cl)cc3)nc2c1. The highest BCUT2D eigenvalue weighted by molar-refractivity contribution is 6.30. The Balaban J connectivity index is 0.000000396. The van der Waals surface area contributed by atoms with Gasteiger partial charge in [-0.15, -0.1) is 0 Å². The Morgan fingerprint density at radius 1 is 1.03 bits per heavy atom. The minimum Gasteiger partial charge on any atom is -0.505 e. The van der Waals surface area contributed by atoms with Gasteiger partial charge in [0, 0.05) is 16.8 Å². The Hall–Kier alpha value is -2.63. The molecule has 6 heteroatoms. The van der Waals surface area contributed by atoms with E-state index >= 15 is 0 Å². The molecule has 3 aromatic rings. The summed E-state index contributed by atoms with van der Waals surface area (Å²) in [7, 11) is 0. The van der Waals surface area contributed by atoms with Crippen LogP contribution in [0.4, 0.5) is 0 Å². The van der Waals surface area contributed by atoms with E-state index in [1.54, 1.807) is 24.3 Å². The molecular weight excluding hydrogens is 400 g/mol. The molecule has 1 heterocycles. The number of rotatable bonds is 6. The molecule has 2 N–H and O–H groups in total. The van der Waals surface area contributed by atoms with Crippen LogP contribution in [0, 0.1) is 6.92 Å². The number of carboxylic acid groups (broad SMARTS) is 1. The molecule has 0 amide bonds. The van der Waals surface area contributed by atoms with Crippen LogP contribution in [0.25, 0.3) is 10.9 Å². The molecule has 0 unspecified atom stereocenters. The van der Waals surface area contributed by atoms with Crippen molar-refractivity contribution in [3.63, 3.8) is 0 Å². The van der Waals surface area contributed by atoms with E-state index < -0.39 is 5.97 Å². The normalized spacial score (nSPS) is 10.7. The predicted molar refractivity (Wildman–Crippen MR) is 123 cm³/mol. The molecule has 0 fully saturated rings. The van der Waals surface area contributed by atoms with Crippen molar-refractivity contribution in [3.05, 3.63) is 69.9 Å². The van der Waals surface area contributed by atoms with Gasteiger partial charge in [-0.1, -0.05) is 56.6 Å². The molecule has 0 aliphatic carbocycles. The summed E-state index contributed by atoms with van der Waals surface area (Å²) in [5.74, 6) is -1.46. The minimum atomic E-state index is -1.17. The average Bonchev–Trinajstić information content (AvgIpc) is 2.72. The van der Waals surface area contributed by atoms with E-state index in [-0.39, 0.29) is 11.3 Å². The second-order valence-electron chi connectivity index (χ2n) is 7.03. The molecule has 0 saturated carbocycles. The van der Waals surface area contributed by atoms with Crippen LogP contribution in [0.15, 0.2) is 42.5 Å². The quantitative estimate of drug-likeness (QED) is 0.539. The Bertz CT molecular complexity index is 994. The van der Waals surface area contributed by atoms with Crippen LogP contribution in [0.1, 0.15) is 48.0 Å². The van der Waals surface area contributed by atoms with Crippen molar-refractivity contribution in [1.82, 2.24) is 9.88 Å². The van der Waals surface area contributed by atoms with Gasteiger partial charge in [-0.2, -0.15) is 0 Å². The van der Waals surface area contributed by atoms with Crippen molar-refractivity contribution in [2.24, 2.45) is 0 Å². The van der Waals surface area contributed by atoms with E-state index in [4.69, 9.17) is 11.6 Å². The van der Waals surface area contributed by atoms with E-state index in [9.17, 15) is 15.0 Å². The third kappa shape index (κ3) is 5.94. The summed E-state index contributed by atoms with van der Waals surface area (Å²) < 4.78 is 0. The van der Waals surface area contributed by atoms with Crippen LogP contribution in [-0.4, -0.2) is 45.7 Å². The van der Waals surface area contributed by atoms with Gasteiger partial charge >= 0.3 is 5.97 Å². The van der Waals surface area contributed by atoms with Gasteiger partial charge in [-0.3, -0.25) is 0 Å². The van der Waals surface area contributed by atoms with Crippen molar-refractivity contribution in [2.45, 2.75) is 34.1 Å². The summed E-state index contributed by atoms with van der Waals surface area (Å²) in [4.78, 5) is 18.4. The molecule has 0 spiro atoms. The smallest absolute Gasteiger partial charge is 0.340 e. The number of carbonyl (C=O) groups is 1. The lowest BCUT2D eigenvalue weighted by Crippen LogP contribution is -2.21. The summed E-state index contributed by atoms with van der Waals surface area (Å²) in [6.07, 6.45) is 0.327. The van der Waals surface area contributed by atoms with Gasteiger partial charge in [0.25, 0.3) is 0 Å². The van der Waals surface area contributed by atoms with Crippen LogP contribution in [0.5, 0.6) is 5.75 Å². The van der Waals surface area contributed by atoms with Gasteiger partial charge < -0.3 is 15.1 Å². The van der Waals surface area contributed by atoms with Crippen LogP contribution < -0.4 is 0 Å². The van der Waals surface area contributed by atoms with Crippen molar-refractivity contribution in [3.8, 4) is 5.75 Å². The fourth-order valence-corrected chi connectivity index (χ4v) is 3.35. The fraction of sp³-hybridized carbons (Fsp3) is 0.333. The number of aromatic hydroxyl groups is 1. The van der Waals surface area contributed by atoms with E-state index in [0.717, 1.165) is 11.1 Å². The van der Waals surface area contributed by atoms with Gasteiger partial charge in [0.05, 0.1) is 11.2 Å². The molecule has 0 radical (unpaired) electrons. The first-order chi connectivity index (χ1) is 14.3. The Morgan fingerprint density at radius 3 is 2.13 bits per heavy atom. The first-order valence-electron chi connectivity index (χ1n) is 10.1. The lowest BCUT2D eigenvalue weighted by Gasteiger charge is -2.13. The Labute approximate surface area is 182 Å². The fourth-order valence-electron chi connectivity index (χ4n) is 3.22. The van der Waals surface area contributed by atoms with Gasteiger partial charge in [0.1, 0.15) is 5.56 Å². The second-order valence-corrected chi connectivity index (χ2v) is 7.47. The van der Waals surface area contributed by atoms with E-state index in [1.807, 2.05) is 25.1 Å². The third-order valence-electron chi connectivity index (χ3n) is 5.03. The zero-order chi connectivity index (χ0) is 22.3. The number of nitrogens with zero attached hydrogens (tertiary/aromatic N) is 2. The molecule has 0 saturated heterocycles. The average molecular weight is 429 g/mol. The lowest BCUT2D eigenvalue weighted by atomic mass is 10.0. The zero-order valence-corrected chi connectivity index (χ0v) is 18.7. The molecule has 0 atom stereocenters. The zero-order valence-electron chi connectivity index (χ0n) is 17.9. The summed E-state index contributed by atoms with van der Waals surface area (Å²) in [5.41, 5.74) is 2.65. The minimum absolute atomic E-state index is 0.112. The number of fused-ring (bicyclic) bond motifs is 1. The van der Waals surface area contributed by atoms with Crippen LogP contribution >= 0.6 is 11.6 Å². The number of hydrogen-bond donors (Lipinski definition) is 2. The number of hydrogen-bond acceptors (Lipinski definition) is 4. The van der Waals surface area contributed by atoms with Crippen molar-refractivity contribution in [1.29, 1.82) is 0 Å². The highest BCUT2D eigenvalue weighted by Crippen LogP contribution is 2.31. The summed E-state index contributed by atoms with van der Waals surface area (Å²) in [6, 6.07) is 12.4. The molecule has 0 bridgehead atoms. The molecule has 0 aliphatic rings. The maximum Gasteiger partial charge on any atom is 0.340 e. The molecular formula is C24H29ClN2O3. The number of aromatic carboxylic acids is 1. The van der Waals surface area contributed by atoms with E-state index in [0.29, 0.717) is 28.0 Å². The maximum atomic E-state index is 11.6. The molecule has 3 rings (SSSR count). The summed E-state index contributed by atoms with van der Waals surface area (Å²) in [6.45, 7) is 12.0. The molecule has 1 aromatic heterocycles. The summed E-state index contributed by atoms with van der Waals surface area (Å²) >= 11 is 5.87. The number of halogens is 1. The molecule has 0 aliphatic heterocycles. The van der Waals surface area contributed by atoms with Gasteiger partial charge in [-0.25, -0.2) is 9.78 Å². The van der Waals surface area contributed by atoms with Crippen molar-refractivity contribution < 1.29 is 15.0 Å². The second kappa shape index (κ2) is 11.0. The number of aromatic nitrogens is 1. The lowest BCUT2D eigenvalue weighted by molar-refractivity contribution is 0.0695. The van der Waals surface area contributed by atoms with Crippen LogP contribution in [-0.2, 0) is 6.42 Å². The number of carboxylic acids is 1. The summed E-state index contributed by atoms with van der Waals surface area (Å²) in [5, 5.41) is 20.9. The van der Waals surface area contributed by atoms with Gasteiger partial charge in [0.15, 0.2) is 5.75 Å². The Morgan fingerprint density at radius 2 is 1.63 bits per heavy atom. The van der Waals surface area contributed by atoms with Crippen molar-refractivity contribution in [2.75, 3.05) is 19.6 Å². The first-order valence-corrected chi connectivity index (χ1v) is 10.5. The molecule has 30 heavy (non-hydrogen) atoms. The van der Waals surface area contributed by atoms with E-state index in [2.05, 4.69) is 30.7 Å². The molecule has 2 aromatic carbocycles. The van der Waals surface area contributed by atoms with Crippen molar-refractivity contribution >= 4 is 28.5 Å². The maximum absolute atomic E-state index is 11.6. The molecule has 5 nitrogen and oxygen atoms in total. The third-order valence-corrected chi connectivity index (χ3v) is 5.28. The topological polar surface area (TPSA) is 73.7 Å². The van der Waals surface area contributed by atoms with Gasteiger partial charge in [-0.05, 0) is 55.9 Å². The van der Waals surface area contributed by atoms with E-state index in [1.165, 1.54) is 19.6 Å². The van der Waals surface area contributed by atoms with Gasteiger partial charge in [0.2, 0.25) is 0 Å². The number of aryl methyl sites for hydroxylation is 1. The van der Waals surface area contributed by atoms with Crippen LogP contribution in [0.3, 0.4) is 0 Å². The molecule has 160 valence electrons. The number of benzene rings is 2. The highest BCUT2D eigenvalue weighted by atomic mass is 35.5. The first kappa shape index (κ1) is 23.6. The largest absolute Gasteiger partial charge is 0.505 e. The van der Waals surface area contributed by atoms with Crippen LogP contribution in [0.2, 0.25) is 5.02 Å². The monoisotopic (exact) mass is 428 g/mol.